The Morgan fingerprint density at radius 3 is 2.18 bits per heavy atom. The van der Waals surface area contributed by atoms with Crippen molar-refractivity contribution in [3.63, 3.8) is 0 Å². The van der Waals surface area contributed by atoms with Gasteiger partial charge in [0.2, 0.25) is 0 Å². The highest BCUT2D eigenvalue weighted by Gasteiger charge is 2.36. The fourth-order valence-corrected chi connectivity index (χ4v) is 2.85. The highest BCUT2D eigenvalue weighted by molar-refractivity contribution is 5.81. The van der Waals surface area contributed by atoms with E-state index in [9.17, 15) is 18.0 Å². The molecule has 2 rings (SSSR count). The van der Waals surface area contributed by atoms with Gasteiger partial charge in [-0.05, 0) is 25.7 Å². The normalized spacial score (nSPS) is 31.4. The smallest absolute Gasteiger partial charge is 0.301 e. The van der Waals surface area contributed by atoms with Crippen molar-refractivity contribution in [2.24, 2.45) is 5.92 Å². The van der Waals surface area contributed by atoms with E-state index < -0.39 is 18.3 Å². The van der Waals surface area contributed by atoms with Gasteiger partial charge in [-0.3, -0.25) is 4.79 Å². The van der Waals surface area contributed by atoms with E-state index in [-0.39, 0.29) is 18.1 Å². The van der Waals surface area contributed by atoms with E-state index in [0.29, 0.717) is 12.1 Å². The number of Topliss-reactive ketones (excluding diaryl/α,β-unsaturated/α-hetero) is 1. The van der Waals surface area contributed by atoms with E-state index in [1.54, 1.807) is 0 Å². The van der Waals surface area contributed by atoms with E-state index in [1.165, 1.54) is 0 Å². The number of ketones is 1. The number of nitrogens with one attached hydrogen (secondary N) is 1. The maximum absolute atomic E-state index is 12.6. The highest BCUT2D eigenvalue weighted by Crippen LogP contribution is 2.32. The Morgan fingerprint density at radius 2 is 1.65 bits per heavy atom. The maximum atomic E-state index is 12.6. The van der Waals surface area contributed by atoms with Gasteiger partial charge in [0, 0.05) is 30.8 Å². The van der Waals surface area contributed by atoms with Crippen LogP contribution >= 0.6 is 0 Å². The SMILES string of the molecule is O=C(CCC(F)=C(F)F)C1CC2CCC(C1)N2. The van der Waals surface area contributed by atoms with Gasteiger partial charge in [-0.1, -0.05) is 0 Å². The Kier molecular flexibility index (Phi) is 3.86. The Bertz CT molecular complexity index is 327. The van der Waals surface area contributed by atoms with Crippen molar-refractivity contribution in [3.8, 4) is 0 Å². The topological polar surface area (TPSA) is 29.1 Å². The van der Waals surface area contributed by atoms with Gasteiger partial charge in [0.25, 0.3) is 0 Å². The molecule has 0 aromatic heterocycles. The number of rotatable bonds is 4. The minimum Gasteiger partial charge on any atom is -0.311 e. The zero-order chi connectivity index (χ0) is 12.4. The van der Waals surface area contributed by atoms with Crippen LogP contribution in [0.4, 0.5) is 13.2 Å². The predicted molar refractivity (Wildman–Crippen MR) is 57.3 cm³/mol. The Balaban J connectivity index is 1.82. The van der Waals surface area contributed by atoms with Gasteiger partial charge in [0.1, 0.15) is 5.78 Å². The number of allylic oxidation sites excluding steroid dienone is 1. The van der Waals surface area contributed by atoms with Gasteiger partial charge in [-0.25, -0.2) is 4.39 Å². The van der Waals surface area contributed by atoms with E-state index in [2.05, 4.69) is 5.32 Å². The van der Waals surface area contributed by atoms with Crippen molar-refractivity contribution >= 4 is 5.78 Å². The Hall–Kier alpha value is -0.840. The van der Waals surface area contributed by atoms with Crippen LogP contribution in [0.25, 0.3) is 0 Å². The second-order valence-corrected chi connectivity index (χ2v) is 4.94. The number of halogens is 3. The molecule has 0 radical (unpaired) electrons. The second-order valence-electron chi connectivity index (χ2n) is 4.94. The third-order valence-corrected chi connectivity index (χ3v) is 3.72. The molecular formula is C12H16F3NO. The molecule has 2 saturated heterocycles. The first-order valence-corrected chi connectivity index (χ1v) is 6.04. The van der Waals surface area contributed by atoms with Crippen molar-refractivity contribution in [2.45, 2.75) is 50.6 Å². The molecule has 2 fully saturated rings. The van der Waals surface area contributed by atoms with Gasteiger partial charge >= 0.3 is 6.08 Å². The quantitative estimate of drug-likeness (QED) is 0.827. The number of carbonyl (C=O) groups is 1. The van der Waals surface area contributed by atoms with Crippen LogP contribution in [0.15, 0.2) is 11.9 Å². The molecular weight excluding hydrogens is 231 g/mol. The number of fused-ring (bicyclic) bond motifs is 2. The van der Waals surface area contributed by atoms with Gasteiger partial charge in [0.05, 0.1) is 0 Å². The number of hydrogen-bond acceptors (Lipinski definition) is 2. The average molecular weight is 247 g/mol. The zero-order valence-corrected chi connectivity index (χ0v) is 9.52. The summed E-state index contributed by atoms with van der Waals surface area (Å²) in [6, 6.07) is 0.780. The second kappa shape index (κ2) is 5.21. The first-order chi connectivity index (χ1) is 8.06. The number of hydrogen-bond donors (Lipinski definition) is 1. The molecule has 2 aliphatic rings. The molecule has 5 heteroatoms. The molecule has 2 bridgehead atoms. The summed E-state index contributed by atoms with van der Waals surface area (Å²) in [6.45, 7) is 0. The molecule has 0 amide bonds. The summed E-state index contributed by atoms with van der Waals surface area (Å²) in [5, 5.41) is 3.40. The molecule has 0 aliphatic carbocycles. The van der Waals surface area contributed by atoms with E-state index in [4.69, 9.17) is 0 Å². The third kappa shape index (κ3) is 3.09. The van der Waals surface area contributed by atoms with Gasteiger partial charge in [-0.15, -0.1) is 0 Å². The largest absolute Gasteiger partial charge is 0.311 e. The van der Waals surface area contributed by atoms with E-state index in [0.717, 1.165) is 25.7 Å². The van der Waals surface area contributed by atoms with Crippen molar-refractivity contribution in [3.05, 3.63) is 11.9 Å². The van der Waals surface area contributed by atoms with Crippen molar-refractivity contribution in [1.29, 1.82) is 0 Å². The summed E-state index contributed by atoms with van der Waals surface area (Å²) in [6.07, 6.45) is 0.859. The fourth-order valence-electron chi connectivity index (χ4n) is 2.85. The van der Waals surface area contributed by atoms with Gasteiger partial charge in [0.15, 0.2) is 5.83 Å². The van der Waals surface area contributed by atoms with Crippen LogP contribution in [0, 0.1) is 5.92 Å². The highest BCUT2D eigenvalue weighted by atomic mass is 19.3. The number of carbonyl (C=O) groups excluding carboxylic acids is 1. The molecule has 17 heavy (non-hydrogen) atoms. The fraction of sp³-hybridized carbons (Fsp3) is 0.750. The summed E-state index contributed by atoms with van der Waals surface area (Å²) in [5.41, 5.74) is 0. The molecule has 0 saturated carbocycles. The first kappa shape index (κ1) is 12.6. The molecule has 0 spiro atoms. The van der Waals surface area contributed by atoms with E-state index in [1.807, 2.05) is 0 Å². The molecule has 0 aromatic rings. The lowest BCUT2D eigenvalue weighted by molar-refractivity contribution is -0.124. The van der Waals surface area contributed by atoms with Crippen LogP contribution in [0.1, 0.15) is 38.5 Å². The Morgan fingerprint density at radius 1 is 1.06 bits per heavy atom. The first-order valence-electron chi connectivity index (χ1n) is 6.04. The Labute approximate surface area is 98.3 Å². The van der Waals surface area contributed by atoms with Crippen LogP contribution in [0.5, 0.6) is 0 Å². The van der Waals surface area contributed by atoms with Crippen molar-refractivity contribution in [1.82, 2.24) is 5.32 Å². The van der Waals surface area contributed by atoms with Gasteiger partial charge < -0.3 is 5.32 Å². The number of piperidine rings is 1. The summed E-state index contributed by atoms with van der Waals surface area (Å²) in [5.74, 6) is -1.58. The lowest BCUT2D eigenvalue weighted by atomic mass is 9.87. The maximum Gasteiger partial charge on any atom is 0.301 e. The van der Waals surface area contributed by atoms with Crippen LogP contribution in [-0.2, 0) is 4.79 Å². The van der Waals surface area contributed by atoms with Crippen LogP contribution in [-0.4, -0.2) is 17.9 Å². The molecule has 2 aliphatic heterocycles. The lowest BCUT2D eigenvalue weighted by Crippen LogP contribution is -2.40. The third-order valence-electron chi connectivity index (χ3n) is 3.72. The van der Waals surface area contributed by atoms with Crippen LogP contribution in [0.3, 0.4) is 0 Å². The van der Waals surface area contributed by atoms with Crippen LogP contribution < -0.4 is 5.32 Å². The summed E-state index contributed by atoms with van der Waals surface area (Å²) >= 11 is 0. The molecule has 2 heterocycles. The average Bonchev–Trinajstić information content (AvgIpc) is 2.64. The molecule has 2 atom stereocenters. The van der Waals surface area contributed by atoms with Gasteiger partial charge in [-0.2, -0.15) is 8.78 Å². The van der Waals surface area contributed by atoms with Crippen LogP contribution in [0.2, 0.25) is 0 Å². The summed E-state index contributed by atoms with van der Waals surface area (Å²) < 4.78 is 36.3. The minimum atomic E-state index is -2.30. The predicted octanol–water partition coefficient (Wildman–Crippen LogP) is 2.94. The molecule has 1 N–H and O–H groups in total. The van der Waals surface area contributed by atoms with E-state index >= 15 is 0 Å². The summed E-state index contributed by atoms with van der Waals surface area (Å²) in [7, 11) is 0. The molecule has 2 unspecified atom stereocenters. The summed E-state index contributed by atoms with van der Waals surface area (Å²) in [4.78, 5) is 11.8. The van der Waals surface area contributed by atoms with Crippen molar-refractivity contribution < 1.29 is 18.0 Å². The molecule has 0 aromatic carbocycles. The zero-order valence-electron chi connectivity index (χ0n) is 9.52. The minimum absolute atomic E-state index is 0.0655. The monoisotopic (exact) mass is 247 g/mol. The van der Waals surface area contributed by atoms with Crippen molar-refractivity contribution in [2.75, 3.05) is 0 Å². The molecule has 96 valence electrons. The molecule has 2 nitrogen and oxygen atoms in total. The standard InChI is InChI=1S/C12H16F3NO/c13-10(12(14)15)3-4-11(17)7-5-8-1-2-9(6-7)16-8/h7-9,16H,1-6H2. The lowest BCUT2D eigenvalue weighted by Gasteiger charge is -2.28.